The summed E-state index contributed by atoms with van der Waals surface area (Å²) in [6.45, 7) is 2.10. The molecule has 0 aliphatic rings. The lowest BCUT2D eigenvalue weighted by molar-refractivity contribution is 0.0691. The van der Waals surface area contributed by atoms with Crippen LogP contribution in [0.4, 0.5) is 10.5 Å². The number of urea groups is 1. The van der Waals surface area contributed by atoms with Gasteiger partial charge in [0.15, 0.2) is 5.69 Å². The SMILES string of the molecule is Cc1ccc(Br)c(NC(=O)NCc2nc(C(=O)O)cs2)c1. The summed E-state index contributed by atoms with van der Waals surface area (Å²) in [5.41, 5.74) is 1.68. The van der Waals surface area contributed by atoms with E-state index in [2.05, 4.69) is 31.5 Å². The third kappa shape index (κ3) is 4.27. The molecular weight excluding hydrogens is 358 g/mol. The maximum absolute atomic E-state index is 11.8. The van der Waals surface area contributed by atoms with Crippen LogP contribution in [0.3, 0.4) is 0 Å². The highest BCUT2D eigenvalue weighted by Gasteiger charge is 2.10. The van der Waals surface area contributed by atoms with Crippen LogP contribution in [0.15, 0.2) is 28.1 Å². The van der Waals surface area contributed by atoms with Crippen molar-refractivity contribution < 1.29 is 14.7 Å². The van der Waals surface area contributed by atoms with Crippen LogP contribution < -0.4 is 10.6 Å². The molecule has 1 heterocycles. The van der Waals surface area contributed by atoms with E-state index in [0.29, 0.717) is 10.7 Å². The van der Waals surface area contributed by atoms with Crippen molar-refractivity contribution in [2.24, 2.45) is 0 Å². The van der Waals surface area contributed by atoms with Crippen LogP contribution in [0.5, 0.6) is 0 Å². The topological polar surface area (TPSA) is 91.3 Å². The molecule has 0 radical (unpaired) electrons. The van der Waals surface area contributed by atoms with Crippen molar-refractivity contribution in [2.75, 3.05) is 5.32 Å². The Labute approximate surface area is 133 Å². The van der Waals surface area contributed by atoms with E-state index in [9.17, 15) is 9.59 Å². The van der Waals surface area contributed by atoms with Crippen molar-refractivity contribution in [1.29, 1.82) is 0 Å². The smallest absolute Gasteiger partial charge is 0.355 e. The van der Waals surface area contributed by atoms with Crippen LogP contribution in [0, 0.1) is 6.92 Å². The van der Waals surface area contributed by atoms with E-state index in [1.165, 1.54) is 16.7 Å². The molecule has 0 saturated carbocycles. The number of hydrogen-bond acceptors (Lipinski definition) is 4. The molecule has 2 rings (SSSR count). The lowest BCUT2D eigenvalue weighted by Gasteiger charge is -2.09. The number of nitrogens with zero attached hydrogens (tertiary/aromatic N) is 1. The van der Waals surface area contributed by atoms with Gasteiger partial charge in [0.2, 0.25) is 0 Å². The molecule has 2 amide bonds. The number of carboxylic acid groups (broad SMARTS) is 1. The number of halogens is 1. The molecule has 1 aromatic carbocycles. The first kappa shape index (κ1) is 15.5. The number of nitrogens with one attached hydrogen (secondary N) is 2. The molecule has 0 spiro atoms. The second kappa shape index (κ2) is 6.68. The maximum atomic E-state index is 11.8. The van der Waals surface area contributed by atoms with Crippen LogP contribution >= 0.6 is 27.3 Å². The summed E-state index contributed by atoms with van der Waals surface area (Å²) in [4.78, 5) is 26.4. The fourth-order valence-electron chi connectivity index (χ4n) is 1.55. The third-order valence-electron chi connectivity index (χ3n) is 2.54. The highest BCUT2D eigenvalue weighted by atomic mass is 79.9. The van der Waals surface area contributed by atoms with Crippen LogP contribution in [0.25, 0.3) is 0 Å². The van der Waals surface area contributed by atoms with Gasteiger partial charge in [-0.2, -0.15) is 0 Å². The third-order valence-corrected chi connectivity index (χ3v) is 4.08. The van der Waals surface area contributed by atoms with Gasteiger partial charge in [-0.15, -0.1) is 11.3 Å². The Morgan fingerprint density at radius 1 is 1.43 bits per heavy atom. The minimum atomic E-state index is -1.08. The predicted molar refractivity (Wildman–Crippen MR) is 83.8 cm³/mol. The summed E-state index contributed by atoms with van der Waals surface area (Å²) in [6, 6.07) is 5.24. The summed E-state index contributed by atoms with van der Waals surface area (Å²) in [6.07, 6.45) is 0. The van der Waals surface area contributed by atoms with Crippen molar-refractivity contribution in [2.45, 2.75) is 13.5 Å². The summed E-state index contributed by atoms with van der Waals surface area (Å²) in [5, 5.41) is 16.1. The highest BCUT2D eigenvalue weighted by molar-refractivity contribution is 9.10. The Morgan fingerprint density at radius 2 is 2.19 bits per heavy atom. The Kier molecular flexibility index (Phi) is 4.92. The van der Waals surface area contributed by atoms with Gasteiger partial charge < -0.3 is 15.7 Å². The molecule has 8 heteroatoms. The van der Waals surface area contributed by atoms with Crippen molar-refractivity contribution >= 4 is 45.0 Å². The summed E-state index contributed by atoms with van der Waals surface area (Å²) >= 11 is 4.54. The monoisotopic (exact) mass is 369 g/mol. The average molecular weight is 370 g/mol. The van der Waals surface area contributed by atoms with Gasteiger partial charge >= 0.3 is 12.0 Å². The molecule has 21 heavy (non-hydrogen) atoms. The molecule has 0 saturated heterocycles. The molecule has 0 aliphatic carbocycles. The molecule has 2 aromatic rings. The number of amides is 2. The standard InChI is InChI=1S/C13H12BrN3O3S/c1-7-2-3-8(14)9(4-7)17-13(20)15-5-11-16-10(6-21-11)12(18)19/h2-4,6H,5H2,1H3,(H,18,19)(H2,15,17,20). The minimum absolute atomic E-state index is 0.0152. The van der Waals surface area contributed by atoms with Crippen LogP contribution in [0.2, 0.25) is 0 Å². The highest BCUT2D eigenvalue weighted by Crippen LogP contribution is 2.23. The Hall–Kier alpha value is -1.93. The first-order valence-electron chi connectivity index (χ1n) is 5.94. The lowest BCUT2D eigenvalue weighted by atomic mass is 10.2. The largest absolute Gasteiger partial charge is 0.476 e. The predicted octanol–water partition coefficient (Wildman–Crippen LogP) is 3.23. The van der Waals surface area contributed by atoms with Crippen LogP contribution in [-0.4, -0.2) is 22.1 Å². The number of carboxylic acids is 1. The second-order valence-corrected chi connectivity index (χ2v) is 6.02. The van der Waals surface area contributed by atoms with Crippen LogP contribution in [-0.2, 0) is 6.54 Å². The summed E-state index contributed by atoms with van der Waals surface area (Å²) in [5.74, 6) is -1.08. The molecule has 0 atom stereocenters. The molecule has 3 N–H and O–H groups in total. The molecule has 1 aromatic heterocycles. The van der Waals surface area contributed by atoms with E-state index < -0.39 is 5.97 Å². The molecule has 110 valence electrons. The number of benzene rings is 1. The lowest BCUT2D eigenvalue weighted by Crippen LogP contribution is -2.28. The van der Waals surface area contributed by atoms with E-state index in [4.69, 9.17) is 5.11 Å². The Balaban J connectivity index is 1.92. The van der Waals surface area contributed by atoms with Crippen molar-refractivity contribution in [3.05, 3.63) is 44.3 Å². The number of carbonyl (C=O) groups is 2. The van der Waals surface area contributed by atoms with Gasteiger partial charge in [-0.05, 0) is 40.5 Å². The van der Waals surface area contributed by atoms with Gasteiger partial charge in [-0.25, -0.2) is 14.6 Å². The van der Waals surface area contributed by atoms with E-state index >= 15 is 0 Å². The molecule has 6 nitrogen and oxygen atoms in total. The fourth-order valence-corrected chi connectivity index (χ4v) is 2.60. The summed E-state index contributed by atoms with van der Waals surface area (Å²) in [7, 11) is 0. The normalized spacial score (nSPS) is 10.2. The van der Waals surface area contributed by atoms with E-state index in [1.807, 2.05) is 25.1 Å². The number of carbonyl (C=O) groups excluding carboxylic acids is 1. The zero-order valence-electron chi connectivity index (χ0n) is 11.0. The maximum Gasteiger partial charge on any atom is 0.355 e. The van der Waals surface area contributed by atoms with Gasteiger partial charge in [0.05, 0.1) is 12.2 Å². The Bertz CT molecular complexity index is 687. The molecule has 0 aliphatic heterocycles. The minimum Gasteiger partial charge on any atom is -0.476 e. The summed E-state index contributed by atoms with van der Waals surface area (Å²) < 4.78 is 0.783. The number of hydrogen-bond donors (Lipinski definition) is 3. The molecular formula is C13H12BrN3O3S. The average Bonchev–Trinajstić information content (AvgIpc) is 2.90. The molecule has 0 unspecified atom stereocenters. The zero-order valence-corrected chi connectivity index (χ0v) is 13.4. The number of rotatable bonds is 4. The van der Waals surface area contributed by atoms with Gasteiger partial charge in [-0.3, -0.25) is 0 Å². The number of aryl methyl sites for hydroxylation is 1. The number of aromatic carboxylic acids is 1. The van der Waals surface area contributed by atoms with Crippen LogP contribution in [0.1, 0.15) is 21.1 Å². The quantitative estimate of drug-likeness (QED) is 0.771. The number of aromatic nitrogens is 1. The van der Waals surface area contributed by atoms with E-state index in [1.54, 1.807) is 0 Å². The van der Waals surface area contributed by atoms with Crippen molar-refractivity contribution in [3.63, 3.8) is 0 Å². The van der Waals surface area contributed by atoms with Crippen molar-refractivity contribution in [1.82, 2.24) is 10.3 Å². The fraction of sp³-hybridized carbons (Fsp3) is 0.154. The Morgan fingerprint density at radius 3 is 2.86 bits per heavy atom. The van der Waals surface area contributed by atoms with Gasteiger partial charge in [-0.1, -0.05) is 6.07 Å². The number of thiazole rings is 1. The first-order chi connectivity index (χ1) is 9.95. The molecule has 0 fully saturated rings. The molecule has 0 bridgehead atoms. The zero-order chi connectivity index (χ0) is 15.4. The van der Waals surface area contributed by atoms with Crippen molar-refractivity contribution in [3.8, 4) is 0 Å². The number of anilines is 1. The van der Waals surface area contributed by atoms with Gasteiger partial charge in [0.1, 0.15) is 5.01 Å². The van der Waals surface area contributed by atoms with E-state index in [0.717, 1.165) is 10.0 Å². The van der Waals surface area contributed by atoms with Gasteiger partial charge in [0.25, 0.3) is 0 Å². The second-order valence-electron chi connectivity index (χ2n) is 4.22. The van der Waals surface area contributed by atoms with Gasteiger partial charge in [0, 0.05) is 9.85 Å². The first-order valence-corrected chi connectivity index (χ1v) is 7.61. The van der Waals surface area contributed by atoms with E-state index in [-0.39, 0.29) is 18.3 Å².